The molecule has 8 heteroatoms. The van der Waals surface area contributed by atoms with E-state index in [0.717, 1.165) is 50.7 Å². The normalized spacial score (nSPS) is 12.3. The molecule has 0 fully saturated rings. The predicted octanol–water partition coefficient (Wildman–Crippen LogP) is 21.9. The number of hydrogen-bond donors (Lipinski definition) is 0. The summed E-state index contributed by atoms with van der Waals surface area (Å²) in [6.45, 7) is 0. The van der Waals surface area contributed by atoms with Crippen LogP contribution in [0.4, 0.5) is 0 Å². The highest BCUT2D eigenvalue weighted by atomic mass is 32.1. The molecular formula is C76H43N5S3. The van der Waals surface area contributed by atoms with Crippen LogP contribution in [0.25, 0.3) is 177 Å². The number of fused-ring (bicyclic) bond motifs is 18. The van der Waals surface area contributed by atoms with Gasteiger partial charge in [0.2, 0.25) is 0 Å². The molecule has 0 saturated carbocycles. The quantitative estimate of drug-likeness (QED) is 0.166. The van der Waals surface area contributed by atoms with Gasteiger partial charge in [0.1, 0.15) is 0 Å². The maximum Gasteiger partial charge on any atom is 0.160 e. The van der Waals surface area contributed by atoms with Crippen molar-refractivity contribution in [2.24, 2.45) is 0 Å². The van der Waals surface area contributed by atoms with Gasteiger partial charge in [-0.3, -0.25) is 0 Å². The van der Waals surface area contributed by atoms with Crippen LogP contribution in [0.15, 0.2) is 261 Å². The second-order valence-corrected chi connectivity index (χ2v) is 25.3. The minimum Gasteiger partial charge on any atom is -0.309 e. The first-order valence-corrected chi connectivity index (χ1v) is 30.8. The van der Waals surface area contributed by atoms with Crippen LogP contribution in [0.5, 0.6) is 0 Å². The summed E-state index contributed by atoms with van der Waals surface area (Å²) in [5.74, 6) is 0.658. The van der Waals surface area contributed by atoms with E-state index >= 15 is 0 Å². The summed E-state index contributed by atoms with van der Waals surface area (Å²) in [6.07, 6.45) is 0. The summed E-state index contributed by atoms with van der Waals surface area (Å²) in [7, 11) is 0. The Morgan fingerprint density at radius 3 is 1.04 bits per heavy atom. The fraction of sp³-hybridized carbons (Fsp3) is 0. The Labute approximate surface area is 492 Å². The van der Waals surface area contributed by atoms with Crippen molar-refractivity contribution in [2.75, 3.05) is 0 Å². The summed E-state index contributed by atoms with van der Waals surface area (Å²) in [5, 5.41) is 15.3. The van der Waals surface area contributed by atoms with E-state index in [2.05, 4.69) is 275 Å². The summed E-state index contributed by atoms with van der Waals surface area (Å²) in [4.78, 5) is 11.1. The zero-order valence-electron chi connectivity index (χ0n) is 44.8. The highest BCUT2D eigenvalue weighted by molar-refractivity contribution is 7.26. The second kappa shape index (κ2) is 17.6. The maximum atomic E-state index is 5.56. The Bertz CT molecular complexity index is 5750. The van der Waals surface area contributed by atoms with Gasteiger partial charge >= 0.3 is 0 Å². The van der Waals surface area contributed by atoms with E-state index in [4.69, 9.17) is 9.97 Å². The van der Waals surface area contributed by atoms with Crippen molar-refractivity contribution in [3.63, 3.8) is 0 Å². The molecule has 0 aliphatic rings. The molecule has 19 aromatic rings. The highest BCUT2D eigenvalue weighted by Crippen LogP contribution is 2.45. The van der Waals surface area contributed by atoms with Gasteiger partial charge in [-0.15, -0.1) is 34.0 Å². The Hall–Kier alpha value is -10.2. The number of thiophene rings is 3. The van der Waals surface area contributed by atoms with Gasteiger partial charge in [0, 0.05) is 127 Å². The largest absolute Gasteiger partial charge is 0.309 e. The molecule has 0 radical (unpaired) electrons. The van der Waals surface area contributed by atoms with E-state index in [9.17, 15) is 0 Å². The molecule has 5 nitrogen and oxygen atoms in total. The van der Waals surface area contributed by atoms with Crippen molar-refractivity contribution < 1.29 is 0 Å². The number of rotatable bonds is 6. The van der Waals surface area contributed by atoms with Crippen LogP contribution in [0.3, 0.4) is 0 Å². The van der Waals surface area contributed by atoms with Gasteiger partial charge in [0.15, 0.2) is 5.82 Å². The van der Waals surface area contributed by atoms with Crippen molar-refractivity contribution in [3.05, 3.63) is 261 Å². The predicted molar refractivity (Wildman–Crippen MR) is 360 cm³/mol. The molecule has 0 aliphatic heterocycles. The van der Waals surface area contributed by atoms with E-state index in [0.29, 0.717) is 5.82 Å². The third-order valence-corrected chi connectivity index (χ3v) is 20.8. The molecule has 19 rings (SSSR count). The van der Waals surface area contributed by atoms with Crippen LogP contribution >= 0.6 is 34.0 Å². The van der Waals surface area contributed by atoms with Crippen molar-refractivity contribution >= 4 is 160 Å². The van der Waals surface area contributed by atoms with Gasteiger partial charge in [-0.25, -0.2) is 9.97 Å². The van der Waals surface area contributed by atoms with Gasteiger partial charge in [-0.05, 0) is 115 Å². The smallest absolute Gasteiger partial charge is 0.160 e. The first-order valence-electron chi connectivity index (χ1n) is 28.4. The standard InChI is InChI=1S/C76H43N5S3/c1-7-25-64-50(19-1)56-37-59-53-22-4-10-28-70(53)82-73(59)41-67(56)79(64)47-33-31-44(32-34-47)62-40-63(45-15-13-17-48(35-45)80-65-26-8-2-20-51(65)57-38-60-54-23-5-11-29-71(54)83-74(60)42-68(57)80)78-76(77-62)46-16-14-18-49(36-46)81-66-27-9-3-21-52(66)58-39-61-55-24-6-12-30-72(55)84-75(61)43-69(58)81/h1-43H. The molecule has 12 aromatic carbocycles. The van der Waals surface area contributed by atoms with E-state index in [1.807, 2.05) is 34.0 Å². The van der Waals surface area contributed by atoms with Crippen molar-refractivity contribution in [2.45, 2.75) is 0 Å². The summed E-state index contributed by atoms with van der Waals surface area (Å²) in [5.41, 5.74) is 14.9. The highest BCUT2D eigenvalue weighted by Gasteiger charge is 2.21. The van der Waals surface area contributed by atoms with E-state index in [1.54, 1.807) is 0 Å². The zero-order chi connectivity index (χ0) is 54.7. The number of benzene rings is 12. The topological polar surface area (TPSA) is 40.6 Å². The Morgan fingerprint density at radius 2 is 0.583 bits per heavy atom. The van der Waals surface area contributed by atoms with Crippen molar-refractivity contribution in [1.29, 1.82) is 0 Å². The number of aromatic nitrogens is 5. The van der Waals surface area contributed by atoms with E-state index in [1.165, 1.54) is 120 Å². The molecule has 0 amide bonds. The van der Waals surface area contributed by atoms with Crippen molar-refractivity contribution in [1.82, 2.24) is 23.7 Å². The fourth-order valence-electron chi connectivity index (χ4n) is 13.6. The lowest BCUT2D eigenvalue weighted by molar-refractivity contribution is 1.15. The van der Waals surface area contributed by atoms with Crippen LogP contribution < -0.4 is 0 Å². The van der Waals surface area contributed by atoms with Crippen LogP contribution in [0.1, 0.15) is 0 Å². The average molecular weight is 1120 g/mol. The lowest BCUT2D eigenvalue weighted by Crippen LogP contribution is -1.99. The van der Waals surface area contributed by atoms with Gasteiger partial charge in [0.05, 0.1) is 44.5 Å². The van der Waals surface area contributed by atoms with E-state index in [-0.39, 0.29) is 0 Å². The first kappa shape index (κ1) is 46.4. The van der Waals surface area contributed by atoms with E-state index < -0.39 is 0 Å². The Balaban J connectivity index is 0.791. The van der Waals surface area contributed by atoms with Crippen LogP contribution in [0, 0.1) is 0 Å². The lowest BCUT2D eigenvalue weighted by Gasteiger charge is -2.14. The molecule has 0 spiro atoms. The van der Waals surface area contributed by atoms with Crippen molar-refractivity contribution in [3.8, 4) is 51.0 Å². The number of nitrogens with zero attached hydrogens (tertiary/aromatic N) is 5. The Morgan fingerprint density at radius 1 is 0.214 bits per heavy atom. The van der Waals surface area contributed by atoms with Crippen LogP contribution in [-0.2, 0) is 0 Å². The molecule has 7 heterocycles. The number of para-hydroxylation sites is 3. The SMILES string of the molecule is c1cc(-c2cc(-c3ccc(-n4c5ccccc5c5cc6c(cc54)sc4ccccc46)cc3)nc(-c3cccc(-n4c5ccccc5c5cc6c(cc54)sc4ccccc46)c3)n2)cc(-n2c3ccccc3c3cc4c(cc32)sc2ccccc24)c1. The maximum absolute atomic E-state index is 5.56. The molecule has 0 bridgehead atoms. The second-order valence-electron chi connectivity index (χ2n) is 22.1. The van der Waals surface area contributed by atoms with Gasteiger partial charge in [-0.1, -0.05) is 146 Å². The first-order chi connectivity index (χ1) is 41.6. The van der Waals surface area contributed by atoms with Crippen LogP contribution in [0.2, 0.25) is 0 Å². The molecule has 0 atom stereocenters. The molecule has 0 unspecified atom stereocenters. The van der Waals surface area contributed by atoms with Crippen LogP contribution in [-0.4, -0.2) is 23.7 Å². The fourth-order valence-corrected chi connectivity index (χ4v) is 17.0. The van der Waals surface area contributed by atoms with Gasteiger partial charge in [-0.2, -0.15) is 0 Å². The molecular weight excluding hydrogens is 1080 g/mol. The average Bonchev–Trinajstić information content (AvgIpc) is 2.34. The van der Waals surface area contributed by atoms with Gasteiger partial charge < -0.3 is 13.7 Å². The molecule has 0 N–H and O–H groups in total. The molecule has 84 heavy (non-hydrogen) atoms. The lowest BCUT2D eigenvalue weighted by atomic mass is 10.1. The third-order valence-electron chi connectivity index (χ3n) is 17.4. The zero-order valence-corrected chi connectivity index (χ0v) is 47.2. The minimum absolute atomic E-state index is 0.658. The minimum atomic E-state index is 0.658. The monoisotopic (exact) mass is 1120 g/mol. The summed E-state index contributed by atoms with van der Waals surface area (Å²) in [6, 6.07) is 96.0. The molecule has 0 saturated heterocycles. The molecule has 7 aromatic heterocycles. The molecule has 390 valence electrons. The third kappa shape index (κ3) is 6.81. The Kier molecular flexibility index (Phi) is 9.75. The summed E-state index contributed by atoms with van der Waals surface area (Å²) < 4.78 is 15.0. The molecule has 0 aliphatic carbocycles. The van der Waals surface area contributed by atoms with Gasteiger partial charge in [0.25, 0.3) is 0 Å². The summed E-state index contributed by atoms with van der Waals surface area (Å²) >= 11 is 5.58. The number of hydrogen-bond acceptors (Lipinski definition) is 5.